The first-order chi connectivity index (χ1) is 16.9. The summed E-state index contributed by atoms with van der Waals surface area (Å²) in [6, 6.07) is 9.54. The molecule has 186 valence electrons. The van der Waals surface area contributed by atoms with Crippen LogP contribution in [0.25, 0.3) is 11.1 Å². The summed E-state index contributed by atoms with van der Waals surface area (Å²) in [5.74, 6) is 1.04. The van der Waals surface area contributed by atoms with Crippen molar-refractivity contribution in [2.75, 3.05) is 20.8 Å². The Balaban J connectivity index is 1.45. The molecular formula is C27H33N3O5. The van der Waals surface area contributed by atoms with Gasteiger partial charge in [0.25, 0.3) is 5.91 Å². The monoisotopic (exact) mass is 479 g/mol. The average molecular weight is 480 g/mol. The van der Waals surface area contributed by atoms with E-state index in [1.54, 1.807) is 31.4 Å². The summed E-state index contributed by atoms with van der Waals surface area (Å²) >= 11 is 0. The molecule has 1 saturated carbocycles. The molecule has 1 aromatic carbocycles. The van der Waals surface area contributed by atoms with Crippen LogP contribution in [0.3, 0.4) is 0 Å². The molecule has 8 nitrogen and oxygen atoms in total. The van der Waals surface area contributed by atoms with E-state index in [-0.39, 0.29) is 17.9 Å². The lowest BCUT2D eigenvalue weighted by Crippen LogP contribution is -2.65. The quantitative estimate of drug-likeness (QED) is 0.550. The fourth-order valence-corrected chi connectivity index (χ4v) is 5.49. The number of benzene rings is 1. The number of ether oxygens (including phenoxy) is 2. The second kappa shape index (κ2) is 9.32. The Morgan fingerprint density at radius 1 is 1.11 bits per heavy atom. The Morgan fingerprint density at radius 3 is 2.63 bits per heavy atom. The highest BCUT2D eigenvalue weighted by Gasteiger charge is 2.48. The molecular weight excluding hydrogens is 446 g/mol. The van der Waals surface area contributed by atoms with Crippen LogP contribution in [0.2, 0.25) is 0 Å². The maximum absolute atomic E-state index is 13.8. The van der Waals surface area contributed by atoms with Gasteiger partial charge in [-0.3, -0.25) is 9.59 Å². The van der Waals surface area contributed by atoms with Gasteiger partial charge in [0, 0.05) is 24.7 Å². The van der Waals surface area contributed by atoms with Gasteiger partial charge in [0.05, 0.1) is 32.5 Å². The summed E-state index contributed by atoms with van der Waals surface area (Å²) < 4.78 is 18.3. The molecule has 0 bridgehead atoms. The molecule has 5 rings (SSSR count). The highest BCUT2D eigenvalue weighted by atomic mass is 16.5. The Bertz CT molecular complexity index is 1240. The summed E-state index contributed by atoms with van der Waals surface area (Å²) in [4.78, 5) is 29.3. The third kappa shape index (κ3) is 4.15. The van der Waals surface area contributed by atoms with Crippen LogP contribution in [0.4, 0.5) is 0 Å². The molecule has 1 unspecified atom stereocenters. The summed E-state index contributed by atoms with van der Waals surface area (Å²) in [5.41, 5.74) is 2.02. The average Bonchev–Trinajstić information content (AvgIpc) is 3.47. The molecule has 3 aromatic rings. The molecule has 1 aliphatic heterocycles. The first kappa shape index (κ1) is 23.3. The Hall–Kier alpha value is -3.42. The van der Waals surface area contributed by atoms with E-state index in [9.17, 15) is 9.59 Å². The molecule has 35 heavy (non-hydrogen) atoms. The molecule has 8 heteroatoms. The minimum absolute atomic E-state index is 0.0962. The fourth-order valence-electron chi connectivity index (χ4n) is 5.49. The van der Waals surface area contributed by atoms with E-state index in [1.807, 2.05) is 35.8 Å². The number of carbonyl (C=O) groups excluding carboxylic acids is 2. The smallest absolute Gasteiger partial charge is 0.271 e. The van der Waals surface area contributed by atoms with Gasteiger partial charge in [-0.25, -0.2) is 0 Å². The van der Waals surface area contributed by atoms with Crippen LogP contribution < -0.4 is 14.8 Å². The fraction of sp³-hybridized carbons (Fsp3) is 0.481. The minimum atomic E-state index is -1.03. The molecule has 0 spiro atoms. The van der Waals surface area contributed by atoms with Crippen molar-refractivity contribution in [3.8, 4) is 11.5 Å². The van der Waals surface area contributed by atoms with Crippen LogP contribution in [-0.2, 0) is 17.8 Å². The summed E-state index contributed by atoms with van der Waals surface area (Å²) in [6.45, 7) is 2.66. The third-order valence-electron chi connectivity index (χ3n) is 7.55. The number of amides is 2. The number of hydrogen-bond donors (Lipinski definition) is 1. The Kier molecular flexibility index (Phi) is 6.21. The van der Waals surface area contributed by atoms with E-state index < -0.39 is 5.54 Å². The zero-order valence-electron chi connectivity index (χ0n) is 20.6. The van der Waals surface area contributed by atoms with Gasteiger partial charge in [0.15, 0.2) is 17.1 Å². The molecule has 1 N–H and O–H groups in total. The summed E-state index contributed by atoms with van der Waals surface area (Å²) in [7, 11) is 3.21. The molecule has 3 heterocycles. The van der Waals surface area contributed by atoms with Crippen molar-refractivity contribution in [2.45, 2.75) is 63.6 Å². The maximum Gasteiger partial charge on any atom is 0.271 e. The topological polar surface area (TPSA) is 85.9 Å². The predicted octanol–water partition coefficient (Wildman–Crippen LogP) is 4.16. The predicted molar refractivity (Wildman–Crippen MR) is 132 cm³/mol. The number of methoxy groups -OCH3 is 2. The number of furan rings is 1. The molecule has 0 radical (unpaired) electrons. The van der Waals surface area contributed by atoms with Crippen LogP contribution in [0.1, 0.15) is 55.1 Å². The number of aromatic nitrogens is 1. The second-order valence-electron chi connectivity index (χ2n) is 9.76. The van der Waals surface area contributed by atoms with Crippen LogP contribution in [0.5, 0.6) is 11.5 Å². The number of rotatable bonds is 7. The van der Waals surface area contributed by atoms with Gasteiger partial charge >= 0.3 is 0 Å². The van der Waals surface area contributed by atoms with Crippen molar-refractivity contribution >= 4 is 22.9 Å². The van der Waals surface area contributed by atoms with Crippen LogP contribution >= 0.6 is 0 Å². The zero-order chi connectivity index (χ0) is 24.6. The van der Waals surface area contributed by atoms with Gasteiger partial charge in [-0.1, -0.05) is 25.3 Å². The highest BCUT2D eigenvalue weighted by molar-refractivity contribution is 6.02. The van der Waals surface area contributed by atoms with E-state index in [4.69, 9.17) is 13.9 Å². The van der Waals surface area contributed by atoms with Crippen molar-refractivity contribution in [2.24, 2.45) is 0 Å². The third-order valence-corrected chi connectivity index (χ3v) is 7.55. The van der Waals surface area contributed by atoms with Crippen molar-refractivity contribution in [3.63, 3.8) is 0 Å². The van der Waals surface area contributed by atoms with Crippen molar-refractivity contribution in [3.05, 3.63) is 47.9 Å². The van der Waals surface area contributed by atoms with Gasteiger partial charge < -0.3 is 28.7 Å². The molecule has 2 aliphatic rings. The minimum Gasteiger partial charge on any atom is -0.493 e. The second-order valence-corrected chi connectivity index (χ2v) is 9.76. The highest BCUT2D eigenvalue weighted by Crippen LogP contribution is 2.34. The summed E-state index contributed by atoms with van der Waals surface area (Å²) in [6.07, 6.45) is 7.64. The van der Waals surface area contributed by atoms with Crippen LogP contribution in [-0.4, -0.2) is 53.6 Å². The molecule has 1 atom stereocenters. The number of fused-ring (bicyclic) bond motifs is 3. The van der Waals surface area contributed by atoms with E-state index in [0.29, 0.717) is 42.3 Å². The SMILES string of the molecule is COc1ccc(CCN2C(=O)c3cc4occc4n3CC2(C)C(=O)NC2CCCCC2)cc1OC. The Labute approximate surface area is 205 Å². The van der Waals surface area contributed by atoms with Crippen molar-refractivity contribution in [1.82, 2.24) is 14.8 Å². The normalized spacial score (nSPS) is 20.7. The zero-order valence-corrected chi connectivity index (χ0v) is 20.6. The number of nitrogens with one attached hydrogen (secondary N) is 1. The number of hydrogen-bond acceptors (Lipinski definition) is 5. The van der Waals surface area contributed by atoms with Crippen LogP contribution in [0.15, 0.2) is 41.0 Å². The largest absolute Gasteiger partial charge is 0.493 e. The lowest BCUT2D eigenvalue weighted by atomic mass is 9.91. The standard InChI is InChI=1S/C27H33N3O5/c1-27(26(32)28-19-7-5-4-6-8-19)17-29-20-12-14-35-23(20)16-21(29)25(31)30(27)13-11-18-9-10-22(33-2)24(15-18)34-3/h9-10,12,14-16,19H,4-8,11,13,17H2,1-3H3,(H,28,32). The molecule has 1 fully saturated rings. The van der Waals surface area contributed by atoms with Gasteiger partial charge in [-0.2, -0.15) is 0 Å². The van der Waals surface area contributed by atoms with Crippen molar-refractivity contribution < 1.29 is 23.5 Å². The number of carbonyl (C=O) groups is 2. The van der Waals surface area contributed by atoms with Crippen molar-refractivity contribution in [1.29, 1.82) is 0 Å². The van der Waals surface area contributed by atoms with E-state index in [2.05, 4.69) is 5.32 Å². The molecule has 0 saturated heterocycles. The van der Waals surface area contributed by atoms with E-state index in [1.165, 1.54) is 6.42 Å². The van der Waals surface area contributed by atoms with Gasteiger partial charge in [0.2, 0.25) is 5.91 Å². The first-order valence-electron chi connectivity index (χ1n) is 12.3. The molecule has 2 aromatic heterocycles. The lowest BCUT2D eigenvalue weighted by molar-refractivity contribution is -0.133. The van der Waals surface area contributed by atoms with E-state index >= 15 is 0 Å². The number of nitrogens with zero attached hydrogens (tertiary/aromatic N) is 2. The summed E-state index contributed by atoms with van der Waals surface area (Å²) in [5, 5.41) is 3.27. The van der Waals surface area contributed by atoms with Gasteiger partial charge in [-0.15, -0.1) is 0 Å². The van der Waals surface area contributed by atoms with Gasteiger partial charge in [0.1, 0.15) is 11.2 Å². The first-order valence-corrected chi connectivity index (χ1v) is 12.3. The molecule has 2 amide bonds. The Morgan fingerprint density at radius 2 is 1.89 bits per heavy atom. The van der Waals surface area contributed by atoms with Gasteiger partial charge in [-0.05, 0) is 43.9 Å². The lowest BCUT2D eigenvalue weighted by Gasteiger charge is -2.45. The maximum atomic E-state index is 13.8. The van der Waals surface area contributed by atoms with Crippen LogP contribution in [0, 0.1) is 0 Å². The van der Waals surface area contributed by atoms with E-state index in [0.717, 1.165) is 36.8 Å². The molecule has 1 aliphatic carbocycles.